The van der Waals surface area contributed by atoms with Crippen molar-refractivity contribution in [1.82, 2.24) is 0 Å². The van der Waals surface area contributed by atoms with Gasteiger partial charge in [0.1, 0.15) is 0 Å². The zero-order chi connectivity index (χ0) is 24.0. The van der Waals surface area contributed by atoms with Crippen molar-refractivity contribution in [2.24, 2.45) is 5.92 Å². The normalized spacial score (nSPS) is 12.5. The van der Waals surface area contributed by atoms with Crippen LogP contribution in [0.4, 0.5) is 0 Å². The average Bonchev–Trinajstić information content (AvgIpc) is 2.84. The van der Waals surface area contributed by atoms with E-state index >= 15 is 0 Å². The van der Waals surface area contributed by atoms with E-state index in [2.05, 4.69) is 6.58 Å². The maximum Gasteiger partial charge on any atom is 0.203 e. The molecule has 2 aromatic carbocycles. The van der Waals surface area contributed by atoms with Crippen molar-refractivity contribution in [2.75, 3.05) is 49.3 Å². The molecule has 32 heavy (non-hydrogen) atoms. The molecular weight excluding hydrogens is 416 g/mol. The Kier molecular flexibility index (Phi) is 8.63. The molecule has 0 aromatic heterocycles. The lowest BCUT2D eigenvalue weighted by Crippen LogP contribution is -2.15. The molecule has 8 nitrogen and oxygen atoms in total. The number of rotatable bonds is 11. The first kappa shape index (κ1) is 25.2. The molecule has 0 spiro atoms. The van der Waals surface area contributed by atoms with Gasteiger partial charge in [0, 0.05) is 11.5 Å². The third-order valence-corrected chi connectivity index (χ3v) is 5.45. The summed E-state index contributed by atoms with van der Waals surface area (Å²) in [4.78, 5) is 0. The van der Waals surface area contributed by atoms with Crippen LogP contribution in [0.15, 0.2) is 30.4 Å². The van der Waals surface area contributed by atoms with Crippen molar-refractivity contribution in [2.45, 2.75) is 13.0 Å². The molecule has 0 heterocycles. The minimum Gasteiger partial charge on any atom is -0.493 e. The first-order valence-corrected chi connectivity index (χ1v) is 9.93. The van der Waals surface area contributed by atoms with Gasteiger partial charge in [-0.05, 0) is 34.9 Å². The lowest BCUT2D eigenvalue weighted by Gasteiger charge is -2.26. The van der Waals surface area contributed by atoms with Gasteiger partial charge < -0.3 is 38.6 Å². The van der Waals surface area contributed by atoms with Crippen LogP contribution in [0.25, 0.3) is 11.1 Å². The molecule has 0 saturated carbocycles. The Bertz CT molecular complexity index is 928. The molecular formula is C24H32O8. The Morgan fingerprint density at radius 3 is 1.66 bits per heavy atom. The lowest BCUT2D eigenvalue weighted by molar-refractivity contribution is 0.127. The van der Waals surface area contributed by atoms with Crippen molar-refractivity contribution in [3.8, 4) is 45.6 Å². The van der Waals surface area contributed by atoms with E-state index in [1.165, 1.54) is 42.7 Å². The van der Waals surface area contributed by atoms with Crippen LogP contribution >= 0.6 is 0 Å². The molecule has 0 radical (unpaired) electrons. The molecule has 0 amide bonds. The molecule has 0 aliphatic rings. The highest BCUT2D eigenvalue weighted by Gasteiger charge is 2.30. The maximum absolute atomic E-state index is 11.3. The van der Waals surface area contributed by atoms with Crippen molar-refractivity contribution >= 4 is 0 Å². The fourth-order valence-electron chi connectivity index (χ4n) is 3.57. The summed E-state index contributed by atoms with van der Waals surface area (Å²) in [5.74, 6) is 1.96. The van der Waals surface area contributed by atoms with Crippen LogP contribution in [0.3, 0.4) is 0 Å². The summed E-state index contributed by atoms with van der Waals surface area (Å²) in [6.07, 6.45) is -1.03. The second-order valence-electron chi connectivity index (χ2n) is 7.07. The Morgan fingerprint density at radius 1 is 0.781 bits per heavy atom. The van der Waals surface area contributed by atoms with Crippen LogP contribution in [0.2, 0.25) is 0 Å². The van der Waals surface area contributed by atoms with E-state index in [1.807, 2.05) is 0 Å². The van der Waals surface area contributed by atoms with Crippen molar-refractivity contribution in [1.29, 1.82) is 0 Å². The van der Waals surface area contributed by atoms with Gasteiger partial charge in [0.05, 0.1) is 55.4 Å². The minimum absolute atomic E-state index is 0.248. The Hall–Kier alpha value is -3.10. The monoisotopic (exact) mass is 448 g/mol. The molecule has 0 bridgehead atoms. The maximum atomic E-state index is 11.3. The summed E-state index contributed by atoms with van der Waals surface area (Å²) < 4.78 is 33.2. The SMILES string of the molecule is C=C(CO)[C@H](C)[C@@H](O)c1cc(OC)c(OC)c(OC)c1-c1cc(OC)c(OC)c(OC)c1. The highest BCUT2D eigenvalue weighted by Crippen LogP contribution is 2.52. The van der Waals surface area contributed by atoms with Gasteiger partial charge >= 0.3 is 0 Å². The van der Waals surface area contributed by atoms with Crippen molar-refractivity contribution < 1.29 is 38.6 Å². The van der Waals surface area contributed by atoms with Gasteiger partial charge in [0.25, 0.3) is 0 Å². The summed E-state index contributed by atoms with van der Waals surface area (Å²) >= 11 is 0. The van der Waals surface area contributed by atoms with Crippen LogP contribution in [0.1, 0.15) is 18.6 Å². The fraction of sp³-hybridized carbons (Fsp3) is 0.417. The summed E-state index contributed by atoms with van der Waals surface area (Å²) in [5.41, 5.74) is 2.17. The van der Waals surface area contributed by atoms with Crippen LogP contribution in [0, 0.1) is 5.92 Å². The van der Waals surface area contributed by atoms with Gasteiger partial charge in [-0.1, -0.05) is 13.5 Å². The van der Waals surface area contributed by atoms with Gasteiger partial charge in [0.15, 0.2) is 23.0 Å². The summed E-state index contributed by atoms with van der Waals surface area (Å²) in [6.45, 7) is 5.40. The fourth-order valence-corrected chi connectivity index (χ4v) is 3.57. The van der Waals surface area contributed by atoms with Gasteiger partial charge in [-0.2, -0.15) is 0 Å². The predicted octanol–water partition coefficient (Wildman–Crippen LogP) is 3.62. The second-order valence-corrected chi connectivity index (χ2v) is 7.07. The topological polar surface area (TPSA) is 95.8 Å². The largest absolute Gasteiger partial charge is 0.493 e. The Labute approximate surface area is 188 Å². The quantitative estimate of drug-likeness (QED) is 0.503. The highest BCUT2D eigenvalue weighted by atomic mass is 16.5. The number of methoxy groups -OCH3 is 6. The van der Waals surface area contributed by atoms with Crippen molar-refractivity contribution in [3.05, 3.63) is 35.9 Å². The summed E-state index contributed by atoms with van der Waals surface area (Å²) in [5, 5.41) is 20.8. The zero-order valence-electron chi connectivity index (χ0n) is 19.6. The van der Waals surface area contributed by atoms with E-state index in [1.54, 1.807) is 25.1 Å². The highest BCUT2D eigenvalue weighted by molar-refractivity contribution is 5.83. The van der Waals surface area contributed by atoms with Crippen LogP contribution < -0.4 is 28.4 Å². The first-order chi connectivity index (χ1) is 15.3. The molecule has 2 aromatic rings. The molecule has 0 aliphatic carbocycles. The number of aliphatic hydroxyl groups is 2. The first-order valence-electron chi connectivity index (χ1n) is 9.93. The minimum atomic E-state index is -1.03. The van der Waals surface area contributed by atoms with E-state index in [0.29, 0.717) is 56.8 Å². The van der Waals surface area contributed by atoms with Crippen molar-refractivity contribution in [3.63, 3.8) is 0 Å². The van der Waals surface area contributed by atoms with Crippen LogP contribution in [0.5, 0.6) is 34.5 Å². The van der Waals surface area contributed by atoms with Gasteiger partial charge in [0.2, 0.25) is 11.5 Å². The number of aliphatic hydroxyl groups excluding tert-OH is 2. The van der Waals surface area contributed by atoms with E-state index in [9.17, 15) is 10.2 Å². The molecule has 8 heteroatoms. The zero-order valence-corrected chi connectivity index (χ0v) is 19.6. The Balaban J connectivity index is 2.95. The van der Waals surface area contributed by atoms with Gasteiger partial charge in [-0.3, -0.25) is 0 Å². The summed E-state index contributed by atoms with van der Waals surface area (Å²) in [7, 11) is 9.08. The van der Waals surface area contributed by atoms with Gasteiger partial charge in [-0.15, -0.1) is 0 Å². The molecule has 2 atom stereocenters. The second kappa shape index (κ2) is 11.0. The number of benzene rings is 2. The van der Waals surface area contributed by atoms with E-state index in [-0.39, 0.29) is 6.61 Å². The lowest BCUT2D eigenvalue weighted by atomic mass is 9.86. The Morgan fingerprint density at radius 2 is 1.25 bits per heavy atom. The third-order valence-electron chi connectivity index (χ3n) is 5.45. The molecule has 0 aliphatic heterocycles. The molecule has 0 saturated heterocycles. The standard InChI is InChI=1S/C24H32O8/c1-13(12-25)14(2)21(26)16-11-19(29-5)23(31-7)24(32-8)20(16)15-9-17(27-3)22(30-6)18(10-15)28-4/h9-11,14,21,25-26H,1,12H2,2-8H3/t14-,21+/m0/s1. The number of hydrogen-bond donors (Lipinski definition) is 2. The van der Waals surface area contributed by atoms with E-state index in [0.717, 1.165) is 0 Å². The smallest absolute Gasteiger partial charge is 0.203 e. The predicted molar refractivity (Wildman–Crippen MR) is 122 cm³/mol. The molecule has 176 valence electrons. The molecule has 2 rings (SSSR count). The number of hydrogen-bond acceptors (Lipinski definition) is 8. The van der Waals surface area contributed by atoms with Crippen LogP contribution in [-0.4, -0.2) is 59.5 Å². The van der Waals surface area contributed by atoms with E-state index in [4.69, 9.17) is 28.4 Å². The van der Waals surface area contributed by atoms with Gasteiger partial charge in [-0.25, -0.2) is 0 Å². The van der Waals surface area contributed by atoms with Crippen LogP contribution in [-0.2, 0) is 0 Å². The molecule has 0 unspecified atom stereocenters. The molecule has 2 N–H and O–H groups in total. The third kappa shape index (κ3) is 4.56. The van der Waals surface area contributed by atoms with E-state index < -0.39 is 12.0 Å². The molecule has 0 fully saturated rings. The number of ether oxygens (including phenoxy) is 6. The average molecular weight is 449 g/mol. The summed E-state index contributed by atoms with van der Waals surface area (Å²) in [6, 6.07) is 5.20.